The molecule has 0 heterocycles. The molecule has 0 bridgehead atoms. The summed E-state index contributed by atoms with van der Waals surface area (Å²) in [7, 11) is 10.7. The molecule has 132 valence electrons. The Bertz CT molecular complexity index is 336. The van der Waals surface area contributed by atoms with Gasteiger partial charge in [-0.3, -0.25) is 9.59 Å². The van der Waals surface area contributed by atoms with E-state index in [4.69, 9.17) is 0 Å². The fraction of sp³-hybridized carbons (Fsp3) is 0.875. The van der Waals surface area contributed by atoms with E-state index in [9.17, 15) is 9.59 Å². The number of rotatable bonds is 10. The van der Waals surface area contributed by atoms with Gasteiger partial charge >= 0.3 is 0 Å². The second-order valence-corrected chi connectivity index (χ2v) is 7.24. The summed E-state index contributed by atoms with van der Waals surface area (Å²) in [5.74, 6) is 0.0525. The minimum Gasteiger partial charge on any atom is -0.354 e. The van der Waals surface area contributed by atoms with Crippen LogP contribution in [-0.4, -0.2) is 88.7 Å². The van der Waals surface area contributed by atoms with E-state index in [1.807, 2.05) is 6.92 Å². The van der Waals surface area contributed by atoms with Crippen LogP contribution < -0.4 is 10.6 Å². The predicted octanol–water partition coefficient (Wildman–Crippen LogP) is 0.438. The van der Waals surface area contributed by atoms with Crippen molar-refractivity contribution in [1.29, 1.82) is 0 Å². The first-order valence-corrected chi connectivity index (χ1v) is 7.71. The summed E-state index contributed by atoms with van der Waals surface area (Å²) in [4.78, 5) is 22.9. The number of nitrogens with zero attached hydrogens (tertiary/aromatic N) is 2. The molecule has 0 spiro atoms. The summed E-state index contributed by atoms with van der Waals surface area (Å²) in [6.45, 7) is 5.35. The lowest BCUT2D eigenvalue weighted by Crippen LogP contribution is -2.50. The molecule has 0 aliphatic carbocycles. The maximum Gasteiger partial charge on any atom is 0.275 e. The molecule has 0 atom stereocenters. The van der Waals surface area contributed by atoms with Gasteiger partial charge in [0.1, 0.15) is 0 Å². The number of hydrogen-bond donors (Lipinski definition) is 2. The zero-order valence-electron chi connectivity index (χ0n) is 14.7. The maximum atomic E-state index is 11.9. The van der Waals surface area contributed by atoms with E-state index in [0.717, 1.165) is 24.0 Å². The number of nitrogens with one attached hydrogen (secondary N) is 2. The first-order chi connectivity index (χ1) is 9.56. The highest BCUT2D eigenvalue weighted by Crippen LogP contribution is 2.02. The molecule has 0 rings (SSSR count). The lowest BCUT2D eigenvalue weighted by Gasteiger charge is -2.31. The smallest absolute Gasteiger partial charge is 0.275 e. The Morgan fingerprint density at radius 1 is 0.864 bits per heavy atom. The molecule has 2 amide bonds. The summed E-state index contributed by atoms with van der Waals surface area (Å²) < 4.78 is 1.64. The topological polar surface area (TPSA) is 58.2 Å². The van der Waals surface area contributed by atoms with Gasteiger partial charge in [0.2, 0.25) is 5.91 Å². The van der Waals surface area contributed by atoms with Crippen LogP contribution in [0.25, 0.3) is 0 Å². The summed E-state index contributed by atoms with van der Waals surface area (Å²) in [6, 6.07) is 0. The van der Waals surface area contributed by atoms with Crippen molar-refractivity contribution >= 4 is 11.8 Å². The number of hydrogen-bond acceptors (Lipinski definition) is 2. The second kappa shape index (κ2) is 10.6. The van der Waals surface area contributed by atoms with Crippen LogP contribution in [0.1, 0.15) is 27.2 Å². The van der Waals surface area contributed by atoms with E-state index in [0.29, 0.717) is 30.5 Å². The number of quaternary nitrogens is 2. The van der Waals surface area contributed by atoms with Crippen LogP contribution in [0.4, 0.5) is 0 Å². The van der Waals surface area contributed by atoms with Gasteiger partial charge in [-0.1, -0.05) is 14.4 Å². The Kier molecular flexibility index (Phi) is 11.1. The van der Waals surface area contributed by atoms with Gasteiger partial charge in [0.15, 0.2) is 6.54 Å². The first-order valence-electron chi connectivity index (χ1n) is 7.71. The number of amides is 2. The minimum absolute atomic E-state index is 0. The zero-order valence-corrected chi connectivity index (χ0v) is 14.7. The summed E-state index contributed by atoms with van der Waals surface area (Å²) >= 11 is 0. The molecule has 0 aliphatic rings. The van der Waals surface area contributed by atoms with Gasteiger partial charge < -0.3 is 19.6 Å². The molecule has 0 aromatic carbocycles. The van der Waals surface area contributed by atoms with E-state index >= 15 is 0 Å². The van der Waals surface area contributed by atoms with Crippen molar-refractivity contribution < 1.29 is 18.6 Å². The van der Waals surface area contributed by atoms with Crippen LogP contribution in [0.2, 0.25) is 0 Å². The molecule has 6 nitrogen and oxygen atoms in total. The Morgan fingerprint density at radius 2 is 1.36 bits per heavy atom. The molecular formula is C16H38N4O2+2. The zero-order chi connectivity index (χ0) is 16.5. The van der Waals surface area contributed by atoms with E-state index in [2.05, 4.69) is 45.9 Å². The van der Waals surface area contributed by atoms with E-state index < -0.39 is 0 Å². The fourth-order valence-corrected chi connectivity index (χ4v) is 2.03. The summed E-state index contributed by atoms with van der Waals surface area (Å²) in [5.41, 5.74) is 0. The SMILES string of the molecule is C.CCC(=O)NCCNC(=O)C[N+](C)(C)CCC[N+](C)(C)C. The highest BCUT2D eigenvalue weighted by atomic mass is 16.2. The van der Waals surface area contributed by atoms with Crippen LogP contribution >= 0.6 is 0 Å². The molecule has 0 saturated heterocycles. The standard InChI is InChI=1S/C15H32N4O2.CH4/c1-7-14(20)16-9-10-17-15(21)13-19(5,6)12-8-11-18(2,3)4;/h7-13H2,1-6H3;1H4/p+2. The van der Waals surface area contributed by atoms with Gasteiger partial charge in [-0.25, -0.2) is 0 Å². The summed E-state index contributed by atoms with van der Waals surface area (Å²) in [6.07, 6.45) is 1.57. The van der Waals surface area contributed by atoms with Crippen molar-refractivity contribution in [2.24, 2.45) is 0 Å². The Balaban J connectivity index is 0. The van der Waals surface area contributed by atoms with Crippen molar-refractivity contribution in [3.63, 3.8) is 0 Å². The molecule has 0 unspecified atom stereocenters. The largest absolute Gasteiger partial charge is 0.354 e. The van der Waals surface area contributed by atoms with Gasteiger partial charge in [0, 0.05) is 25.9 Å². The van der Waals surface area contributed by atoms with Crippen molar-refractivity contribution in [1.82, 2.24) is 10.6 Å². The monoisotopic (exact) mass is 318 g/mol. The Labute approximate surface area is 137 Å². The van der Waals surface area contributed by atoms with Gasteiger partial charge in [0.05, 0.1) is 48.3 Å². The fourth-order valence-electron chi connectivity index (χ4n) is 2.03. The molecule has 0 fully saturated rings. The maximum absolute atomic E-state index is 11.9. The van der Waals surface area contributed by atoms with Crippen molar-refractivity contribution in [2.45, 2.75) is 27.2 Å². The quantitative estimate of drug-likeness (QED) is 0.453. The molecule has 0 aromatic heterocycles. The third kappa shape index (κ3) is 13.8. The van der Waals surface area contributed by atoms with Gasteiger partial charge in [-0.15, -0.1) is 0 Å². The van der Waals surface area contributed by atoms with Crippen LogP contribution in [0.5, 0.6) is 0 Å². The molecule has 6 heteroatoms. The molecule has 0 saturated carbocycles. The van der Waals surface area contributed by atoms with Gasteiger partial charge in [0.25, 0.3) is 5.91 Å². The van der Waals surface area contributed by atoms with Crippen LogP contribution in [0.3, 0.4) is 0 Å². The van der Waals surface area contributed by atoms with Crippen molar-refractivity contribution in [3.05, 3.63) is 0 Å². The minimum atomic E-state index is 0. The lowest BCUT2D eigenvalue weighted by atomic mass is 10.3. The average molecular weight is 319 g/mol. The lowest BCUT2D eigenvalue weighted by molar-refractivity contribution is -0.896. The van der Waals surface area contributed by atoms with Crippen LogP contribution in [0.15, 0.2) is 0 Å². The second-order valence-electron chi connectivity index (χ2n) is 7.24. The van der Waals surface area contributed by atoms with E-state index in [1.54, 1.807) is 0 Å². The molecule has 2 N–H and O–H groups in total. The van der Waals surface area contributed by atoms with Crippen LogP contribution in [-0.2, 0) is 9.59 Å². The third-order valence-electron chi connectivity index (χ3n) is 3.25. The first kappa shape index (κ1) is 23.1. The molecule has 0 radical (unpaired) electrons. The highest BCUT2D eigenvalue weighted by Gasteiger charge is 2.20. The van der Waals surface area contributed by atoms with Crippen molar-refractivity contribution in [2.75, 3.05) is 68.0 Å². The van der Waals surface area contributed by atoms with E-state index in [-0.39, 0.29) is 19.2 Å². The number of likely N-dealkylation sites (N-methyl/N-ethyl adjacent to an activating group) is 1. The Hall–Kier alpha value is -1.14. The molecular weight excluding hydrogens is 280 g/mol. The number of carbonyl (C=O) groups excluding carboxylic acids is 2. The van der Waals surface area contributed by atoms with Gasteiger partial charge in [-0.2, -0.15) is 0 Å². The molecule has 0 aromatic rings. The van der Waals surface area contributed by atoms with Crippen LogP contribution in [0, 0.1) is 0 Å². The summed E-state index contributed by atoms with van der Waals surface area (Å²) in [5, 5.41) is 5.59. The number of carbonyl (C=O) groups is 2. The highest BCUT2D eigenvalue weighted by molar-refractivity contribution is 5.77. The van der Waals surface area contributed by atoms with Crippen molar-refractivity contribution in [3.8, 4) is 0 Å². The predicted molar refractivity (Wildman–Crippen MR) is 92.4 cm³/mol. The average Bonchev–Trinajstić information content (AvgIpc) is 2.31. The van der Waals surface area contributed by atoms with E-state index in [1.165, 1.54) is 0 Å². The normalized spacial score (nSPS) is 11.5. The molecule has 0 aliphatic heterocycles. The third-order valence-corrected chi connectivity index (χ3v) is 3.25. The molecule has 22 heavy (non-hydrogen) atoms. The van der Waals surface area contributed by atoms with Gasteiger partial charge in [-0.05, 0) is 0 Å². The Morgan fingerprint density at radius 3 is 1.82 bits per heavy atom.